The number of imidazole rings is 1. The van der Waals surface area contributed by atoms with Gasteiger partial charge in [0.25, 0.3) is 0 Å². The number of halogens is 6. The summed E-state index contributed by atoms with van der Waals surface area (Å²) in [6.45, 7) is 4.49. The van der Waals surface area contributed by atoms with Gasteiger partial charge >= 0.3 is 36.1 Å². The first-order chi connectivity index (χ1) is 23.8. The number of alkyl halides is 6. The van der Waals surface area contributed by atoms with Gasteiger partial charge in [0.1, 0.15) is 11.6 Å². The van der Waals surface area contributed by atoms with Crippen LogP contribution < -0.4 is 5.32 Å². The number of ketones is 1. The van der Waals surface area contributed by atoms with E-state index in [0.29, 0.717) is 38.2 Å². The number of hydrogen-bond acceptors (Lipinski definition) is 7. The van der Waals surface area contributed by atoms with Crippen LogP contribution >= 0.6 is 0 Å². The van der Waals surface area contributed by atoms with Crippen LogP contribution in [-0.2, 0) is 24.0 Å². The van der Waals surface area contributed by atoms with Gasteiger partial charge in [0.2, 0.25) is 0 Å². The summed E-state index contributed by atoms with van der Waals surface area (Å²) in [4.78, 5) is 66.9. The summed E-state index contributed by atoms with van der Waals surface area (Å²) in [5.41, 5.74) is 1.87. The maximum absolute atomic E-state index is 12.9. The van der Waals surface area contributed by atoms with Crippen molar-refractivity contribution in [1.82, 2.24) is 25.1 Å². The number of nitrogens with one attached hydrogen (secondary N) is 2. The van der Waals surface area contributed by atoms with Crippen molar-refractivity contribution in [1.29, 1.82) is 0 Å². The first-order valence-corrected chi connectivity index (χ1v) is 15.8. The fourth-order valence-electron chi connectivity index (χ4n) is 4.69. The summed E-state index contributed by atoms with van der Waals surface area (Å²) in [7, 11) is 2.01. The van der Waals surface area contributed by atoms with E-state index >= 15 is 0 Å². The van der Waals surface area contributed by atoms with E-state index in [0.717, 1.165) is 49.0 Å². The standard InChI is InChI=1S/C29H37N5O3.2C2HF3O2/c1-3-24(35)11-5-4-6-12-25(32-28(36)29(37)34-17-15-33(2)16-18-34)27-30-20-26(31-27)23-14-13-21-9-7-8-10-22(21)19-23;2*3-2(4,5)1(6)7/h7-10,13-14,19-20,25H,3-6,11-12,15-18H2,1-2H3,(H,30,31)(H,32,36);2*(H,6,7)/t25-;;/m0../s1. The number of likely N-dealkylation sites (N-methyl/N-ethyl adjacent to an activating group) is 1. The molecule has 1 saturated heterocycles. The number of benzene rings is 2. The fourth-order valence-corrected chi connectivity index (χ4v) is 4.69. The molecule has 1 aliphatic heterocycles. The Morgan fingerprint density at radius 3 is 1.98 bits per heavy atom. The van der Waals surface area contributed by atoms with Gasteiger partial charge < -0.3 is 30.3 Å². The lowest BCUT2D eigenvalue weighted by Crippen LogP contribution is -2.52. The molecule has 0 aliphatic carbocycles. The molecule has 1 atom stereocenters. The number of nitrogens with zero attached hydrogens (tertiary/aromatic N) is 3. The molecule has 4 N–H and O–H groups in total. The number of amides is 2. The molecule has 0 bridgehead atoms. The van der Waals surface area contributed by atoms with Crippen molar-refractivity contribution >= 4 is 40.3 Å². The lowest BCUT2D eigenvalue weighted by Gasteiger charge is -2.32. The number of unbranched alkanes of at least 4 members (excludes halogenated alkanes) is 2. The molecule has 0 saturated carbocycles. The van der Waals surface area contributed by atoms with Crippen molar-refractivity contribution in [2.75, 3.05) is 33.2 Å². The van der Waals surface area contributed by atoms with E-state index < -0.39 is 42.1 Å². The van der Waals surface area contributed by atoms with Crippen molar-refractivity contribution < 1.29 is 60.5 Å². The highest BCUT2D eigenvalue weighted by Gasteiger charge is 2.39. The summed E-state index contributed by atoms with van der Waals surface area (Å²) in [6.07, 6.45) is -4.08. The van der Waals surface area contributed by atoms with Gasteiger partial charge in [0.05, 0.1) is 17.9 Å². The van der Waals surface area contributed by atoms with E-state index in [-0.39, 0.29) is 5.78 Å². The monoisotopic (exact) mass is 731 g/mol. The molecule has 280 valence electrons. The molecule has 1 fully saturated rings. The van der Waals surface area contributed by atoms with Gasteiger partial charge in [0, 0.05) is 44.6 Å². The molecule has 18 heteroatoms. The van der Waals surface area contributed by atoms with Crippen LogP contribution in [0.25, 0.3) is 22.0 Å². The molecule has 51 heavy (non-hydrogen) atoms. The zero-order chi connectivity index (χ0) is 38.4. The number of carbonyl (C=O) groups excluding carboxylic acids is 3. The number of hydrogen-bond donors (Lipinski definition) is 4. The summed E-state index contributed by atoms with van der Waals surface area (Å²) in [6, 6.07) is 14.0. The van der Waals surface area contributed by atoms with Gasteiger partial charge in [0.15, 0.2) is 0 Å². The van der Waals surface area contributed by atoms with Crippen LogP contribution in [0.3, 0.4) is 0 Å². The number of carbonyl (C=O) groups is 5. The van der Waals surface area contributed by atoms with Crippen LogP contribution in [0.5, 0.6) is 0 Å². The minimum atomic E-state index is -5.08. The second kappa shape index (κ2) is 19.4. The van der Waals surface area contributed by atoms with Gasteiger partial charge in [-0.1, -0.05) is 56.2 Å². The number of piperazine rings is 1. The Labute approximate surface area is 288 Å². The predicted molar refractivity (Wildman–Crippen MR) is 172 cm³/mol. The van der Waals surface area contributed by atoms with Crippen molar-refractivity contribution in [3.05, 3.63) is 54.5 Å². The second-order valence-corrected chi connectivity index (χ2v) is 11.5. The first kappa shape index (κ1) is 42.2. The van der Waals surface area contributed by atoms with E-state index in [2.05, 4.69) is 50.5 Å². The van der Waals surface area contributed by atoms with E-state index in [1.807, 2.05) is 26.1 Å². The smallest absolute Gasteiger partial charge is 0.475 e. The van der Waals surface area contributed by atoms with E-state index in [1.165, 1.54) is 5.39 Å². The molecule has 0 unspecified atom stereocenters. The number of carboxylic acids is 2. The van der Waals surface area contributed by atoms with Crippen LogP contribution in [-0.4, -0.2) is 105 Å². The van der Waals surface area contributed by atoms with Gasteiger partial charge in [-0.05, 0) is 36.7 Å². The zero-order valence-electron chi connectivity index (χ0n) is 27.8. The van der Waals surface area contributed by atoms with Gasteiger partial charge in [-0.25, -0.2) is 14.6 Å². The van der Waals surface area contributed by atoms with Crippen molar-refractivity contribution in [3.8, 4) is 11.3 Å². The zero-order valence-corrected chi connectivity index (χ0v) is 27.8. The average Bonchev–Trinajstić information content (AvgIpc) is 3.57. The Morgan fingerprint density at radius 1 is 0.863 bits per heavy atom. The number of aromatic nitrogens is 2. The normalized spacial score (nSPS) is 14.0. The number of carboxylic acid groups (broad SMARTS) is 2. The Hall–Kier alpha value is -5.00. The third-order valence-corrected chi connectivity index (χ3v) is 7.60. The van der Waals surface area contributed by atoms with Crippen LogP contribution in [0.1, 0.15) is 57.3 Å². The van der Waals surface area contributed by atoms with Crippen molar-refractivity contribution in [3.63, 3.8) is 0 Å². The molecule has 1 aromatic heterocycles. The maximum atomic E-state index is 12.9. The number of aromatic amines is 1. The molecule has 12 nitrogen and oxygen atoms in total. The topological polar surface area (TPSA) is 173 Å². The fraction of sp³-hybridized carbons (Fsp3) is 0.455. The number of aliphatic carboxylic acids is 2. The van der Waals surface area contributed by atoms with E-state index in [1.54, 1.807) is 11.1 Å². The molecule has 3 aromatic rings. The summed E-state index contributed by atoms with van der Waals surface area (Å²) >= 11 is 0. The highest BCUT2D eigenvalue weighted by atomic mass is 19.4. The molecule has 1 aliphatic rings. The highest BCUT2D eigenvalue weighted by molar-refractivity contribution is 6.35. The summed E-state index contributed by atoms with van der Waals surface area (Å²) in [5, 5.41) is 19.5. The number of H-pyrrole nitrogens is 1. The maximum Gasteiger partial charge on any atom is 0.490 e. The molecule has 0 spiro atoms. The Morgan fingerprint density at radius 2 is 1.43 bits per heavy atom. The second-order valence-electron chi connectivity index (χ2n) is 11.5. The quantitative estimate of drug-likeness (QED) is 0.122. The predicted octanol–water partition coefficient (Wildman–Crippen LogP) is 5.36. The number of fused-ring (bicyclic) bond motifs is 1. The lowest BCUT2D eigenvalue weighted by molar-refractivity contribution is -0.193. The minimum Gasteiger partial charge on any atom is -0.475 e. The molecular weight excluding hydrogens is 692 g/mol. The molecule has 2 aromatic carbocycles. The van der Waals surface area contributed by atoms with Crippen molar-refractivity contribution in [2.45, 2.75) is 63.8 Å². The van der Waals surface area contributed by atoms with Crippen LogP contribution in [0.4, 0.5) is 26.3 Å². The van der Waals surface area contributed by atoms with Crippen LogP contribution in [0.15, 0.2) is 48.7 Å². The molecule has 4 rings (SSSR count). The van der Waals surface area contributed by atoms with E-state index in [4.69, 9.17) is 19.8 Å². The summed E-state index contributed by atoms with van der Waals surface area (Å²) < 4.78 is 63.5. The minimum absolute atomic E-state index is 0.272. The third-order valence-electron chi connectivity index (χ3n) is 7.60. The Balaban J connectivity index is 0.000000543. The van der Waals surface area contributed by atoms with Crippen LogP contribution in [0, 0.1) is 0 Å². The lowest BCUT2D eigenvalue weighted by atomic mass is 10.0. The number of Topliss-reactive ketones (excluding diaryl/α,β-unsaturated/α-hetero) is 1. The van der Waals surface area contributed by atoms with Crippen LogP contribution in [0.2, 0.25) is 0 Å². The average molecular weight is 732 g/mol. The SMILES string of the molecule is CCC(=O)CCCCC[C@H](NC(=O)C(=O)N1CCN(C)CC1)c1ncc(-c2ccc3ccccc3c2)[nH]1.O=C(O)C(F)(F)F.O=C(O)C(F)(F)F. The molecule has 2 amide bonds. The molecule has 0 radical (unpaired) electrons. The Kier molecular flexibility index (Phi) is 16.0. The molecular formula is C33H39F6N5O7. The van der Waals surface area contributed by atoms with Crippen molar-refractivity contribution in [2.24, 2.45) is 0 Å². The highest BCUT2D eigenvalue weighted by Crippen LogP contribution is 2.26. The summed E-state index contributed by atoms with van der Waals surface area (Å²) in [5.74, 6) is -5.70. The third kappa shape index (κ3) is 14.4. The van der Waals surface area contributed by atoms with Gasteiger partial charge in [-0.15, -0.1) is 0 Å². The van der Waals surface area contributed by atoms with E-state index in [9.17, 15) is 40.7 Å². The molecule has 2 heterocycles. The largest absolute Gasteiger partial charge is 0.490 e. The first-order valence-electron chi connectivity index (χ1n) is 15.8. The van der Waals surface area contributed by atoms with Gasteiger partial charge in [-0.3, -0.25) is 14.4 Å². The van der Waals surface area contributed by atoms with Gasteiger partial charge in [-0.2, -0.15) is 26.3 Å². The number of rotatable bonds is 10. The Bertz CT molecular complexity index is 1610.